The summed E-state index contributed by atoms with van der Waals surface area (Å²) in [4.78, 5) is 4.64. The van der Waals surface area contributed by atoms with E-state index < -0.39 is 11.6 Å². The molecular formula is C10H12FNO4. The Kier molecular flexibility index (Phi) is 3.12. The number of phenols is 1. The van der Waals surface area contributed by atoms with Crippen molar-refractivity contribution in [1.82, 2.24) is 5.48 Å². The topological polar surface area (TPSA) is 60.0 Å². The average molecular weight is 229 g/mol. The van der Waals surface area contributed by atoms with Crippen LogP contribution in [0.3, 0.4) is 0 Å². The zero-order valence-corrected chi connectivity index (χ0v) is 8.75. The Bertz CT molecular complexity index is 397. The Hall–Kier alpha value is -1.53. The fraction of sp³-hybridized carbons (Fsp3) is 0.400. The highest BCUT2D eigenvalue weighted by molar-refractivity contribution is 5.53. The van der Waals surface area contributed by atoms with Crippen LogP contribution in [0.25, 0.3) is 0 Å². The summed E-state index contributed by atoms with van der Waals surface area (Å²) in [6.45, 7) is 0.828. The van der Waals surface area contributed by atoms with Crippen molar-refractivity contribution >= 4 is 0 Å². The first-order valence-corrected chi connectivity index (χ1v) is 4.80. The zero-order valence-electron chi connectivity index (χ0n) is 8.75. The van der Waals surface area contributed by atoms with Crippen LogP contribution in [0.4, 0.5) is 4.39 Å². The van der Waals surface area contributed by atoms with Crippen molar-refractivity contribution in [3.05, 3.63) is 17.4 Å². The molecule has 5 nitrogen and oxygen atoms in total. The highest BCUT2D eigenvalue weighted by atomic mass is 19.1. The maximum atomic E-state index is 13.6. The Morgan fingerprint density at radius 1 is 1.50 bits per heavy atom. The van der Waals surface area contributed by atoms with Crippen molar-refractivity contribution in [2.24, 2.45) is 0 Å². The summed E-state index contributed by atoms with van der Waals surface area (Å²) in [7, 11) is 1.42. The third-order valence-corrected chi connectivity index (χ3v) is 2.24. The number of phenolic OH excluding ortho intramolecular Hbond substituents is 1. The van der Waals surface area contributed by atoms with E-state index in [1.165, 1.54) is 13.2 Å². The van der Waals surface area contributed by atoms with Gasteiger partial charge in [-0.1, -0.05) is 0 Å². The molecule has 0 saturated heterocycles. The van der Waals surface area contributed by atoms with E-state index in [-0.39, 0.29) is 12.1 Å². The molecule has 88 valence electrons. The van der Waals surface area contributed by atoms with Crippen LogP contribution in [0, 0.1) is 5.82 Å². The lowest BCUT2D eigenvalue weighted by atomic mass is 10.1. The van der Waals surface area contributed by atoms with E-state index in [4.69, 9.17) is 9.47 Å². The quantitative estimate of drug-likeness (QED) is 0.756. The molecule has 0 atom stereocenters. The van der Waals surface area contributed by atoms with E-state index in [0.717, 1.165) is 0 Å². The largest absolute Gasteiger partial charge is 0.505 e. The number of hydroxylamine groups is 1. The molecule has 1 aliphatic heterocycles. The van der Waals surface area contributed by atoms with E-state index in [9.17, 15) is 9.50 Å². The van der Waals surface area contributed by atoms with Crippen molar-refractivity contribution in [3.63, 3.8) is 0 Å². The van der Waals surface area contributed by atoms with Gasteiger partial charge in [0.15, 0.2) is 23.1 Å². The Labute approximate surface area is 91.7 Å². The van der Waals surface area contributed by atoms with Crippen molar-refractivity contribution in [2.45, 2.75) is 6.54 Å². The van der Waals surface area contributed by atoms with Crippen LogP contribution in [0.15, 0.2) is 6.07 Å². The monoisotopic (exact) mass is 229 g/mol. The summed E-state index contributed by atoms with van der Waals surface area (Å²) in [6.07, 6.45) is 0. The van der Waals surface area contributed by atoms with Gasteiger partial charge in [-0.25, -0.2) is 4.39 Å². The molecule has 2 rings (SSSR count). The van der Waals surface area contributed by atoms with Gasteiger partial charge in [-0.05, 0) is 0 Å². The van der Waals surface area contributed by atoms with Crippen LogP contribution in [-0.4, -0.2) is 25.4 Å². The minimum absolute atomic E-state index is 0.0857. The summed E-state index contributed by atoms with van der Waals surface area (Å²) >= 11 is 0. The van der Waals surface area contributed by atoms with Crippen LogP contribution in [0.5, 0.6) is 17.2 Å². The van der Waals surface area contributed by atoms with E-state index in [0.29, 0.717) is 24.7 Å². The number of fused-ring (bicyclic) bond motifs is 1. The summed E-state index contributed by atoms with van der Waals surface area (Å²) in [6, 6.07) is 1.21. The van der Waals surface area contributed by atoms with Gasteiger partial charge >= 0.3 is 0 Å². The highest BCUT2D eigenvalue weighted by Gasteiger charge is 2.22. The molecule has 1 aromatic carbocycles. The fourth-order valence-electron chi connectivity index (χ4n) is 1.52. The SMILES string of the molecule is CONCc1c(F)c(O)cc2c1OCCO2. The minimum Gasteiger partial charge on any atom is -0.505 e. The van der Waals surface area contributed by atoms with E-state index >= 15 is 0 Å². The Morgan fingerprint density at radius 2 is 2.25 bits per heavy atom. The normalized spacial score (nSPS) is 13.9. The molecule has 0 saturated carbocycles. The number of aromatic hydroxyl groups is 1. The number of nitrogens with one attached hydrogen (secondary N) is 1. The molecule has 6 heteroatoms. The minimum atomic E-state index is -0.728. The Morgan fingerprint density at radius 3 is 3.00 bits per heavy atom. The summed E-state index contributed by atoms with van der Waals surface area (Å²) in [5.41, 5.74) is 2.69. The van der Waals surface area contributed by atoms with Gasteiger partial charge in [0.2, 0.25) is 0 Å². The molecule has 1 heterocycles. The standard InChI is InChI=1S/C10H12FNO4/c1-14-12-5-6-9(11)7(13)4-8-10(6)16-3-2-15-8/h4,12-13H,2-3,5H2,1H3. The molecule has 0 fully saturated rings. The van der Waals surface area contributed by atoms with Gasteiger partial charge in [0.25, 0.3) is 0 Å². The first-order valence-electron chi connectivity index (χ1n) is 4.80. The molecule has 0 unspecified atom stereocenters. The van der Waals surface area contributed by atoms with Gasteiger partial charge in [0.1, 0.15) is 13.2 Å². The fourth-order valence-corrected chi connectivity index (χ4v) is 1.52. The van der Waals surface area contributed by atoms with Crippen LogP contribution >= 0.6 is 0 Å². The number of hydrogen-bond acceptors (Lipinski definition) is 5. The molecular weight excluding hydrogens is 217 g/mol. The predicted octanol–water partition coefficient (Wildman–Crippen LogP) is 0.953. The van der Waals surface area contributed by atoms with E-state index in [1.54, 1.807) is 0 Å². The average Bonchev–Trinajstić information content (AvgIpc) is 2.30. The number of ether oxygens (including phenoxy) is 2. The molecule has 0 bridgehead atoms. The summed E-state index contributed by atoms with van der Waals surface area (Å²) < 4.78 is 24.2. The molecule has 0 spiro atoms. The molecule has 0 amide bonds. The van der Waals surface area contributed by atoms with Crippen LogP contribution in [0.2, 0.25) is 0 Å². The van der Waals surface area contributed by atoms with Crippen molar-refractivity contribution in [3.8, 4) is 17.2 Å². The highest BCUT2D eigenvalue weighted by Crippen LogP contribution is 2.39. The number of rotatable bonds is 3. The van der Waals surface area contributed by atoms with Gasteiger partial charge < -0.3 is 19.4 Å². The molecule has 1 aliphatic rings. The number of halogens is 1. The molecule has 0 aliphatic carbocycles. The van der Waals surface area contributed by atoms with Gasteiger partial charge in [0.05, 0.1) is 19.2 Å². The molecule has 0 aromatic heterocycles. The second-order valence-corrected chi connectivity index (χ2v) is 3.24. The molecule has 16 heavy (non-hydrogen) atoms. The van der Waals surface area contributed by atoms with Crippen molar-refractivity contribution in [2.75, 3.05) is 20.3 Å². The third kappa shape index (κ3) is 1.89. The lowest BCUT2D eigenvalue weighted by Gasteiger charge is -2.21. The maximum Gasteiger partial charge on any atom is 0.173 e. The number of hydrogen-bond donors (Lipinski definition) is 2. The first kappa shape index (κ1) is 11.0. The van der Waals surface area contributed by atoms with E-state index in [1.807, 2.05) is 0 Å². The maximum absolute atomic E-state index is 13.6. The molecule has 1 aromatic rings. The summed E-state index contributed by atoms with van der Waals surface area (Å²) in [5, 5.41) is 9.38. The predicted molar refractivity (Wildman–Crippen MR) is 52.9 cm³/mol. The van der Waals surface area contributed by atoms with Crippen molar-refractivity contribution in [1.29, 1.82) is 0 Å². The van der Waals surface area contributed by atoms with Crippen LogP contribution in [-0.2, 0) is 11.4 Å². The second-order valence-electron chi connectivity index (χ2n) is 3.24. The smallest absolute Gasteiger partial charge is 0.173 e. The molecule has 0 radical (unpaired) electrons. The third-order valence-electron chi connectivity index (χ3n) is 2.24. The van der Waals surface area contributed by atoms with Crippen LogP contribution in [0.1, 0.15) is 5.56 Å². The second kappa shape index (κ2) is 4.54. The van der Waals surface area contributed by atoms with Gasteiger partial charge in [-0.3, -0.25) is 0 Å². The van der Waals surface area contributed by atoms with Crippen molar-refractivity contribution < 1.29 is 23.8 Å². The van der Waals surface area contributed by atoms with Gasteiger partial charge in [0, 0.05) is 6.07 Å². The lowest BCUT2D eigenvalue weighted by Crippen LogP contribution is -2.20. The number of benzene rings is 1. The first-order chi connectivity index (χ1) is 7.74. The van der Waals surface area contributed by atoms with E-state index in [2.05, 4.69) is 10.3 Å². The summed E-state index contributed by atoms with van der Waals surface area (Å²) in [5.74, 6) is -0.532. The molecule has 2 N–H and O–H groups in total. The van der Waals surface area contributed by atoms with Gasteiger partial charge in [-0.15, -0.1) is 0 Å². The van der Waals surface area contributed by atoms with Gasteiger partial charge in [-0.2, -0.15) is 5.48 Å². The Balaban J connectivity index is 2.41. The zero-order chi connectivity index (χ0) is 11.5. The lowest BCUT2D eigenvalue weighted by molar-refractivity contribution is 0.0837. The van der Waals surface area contributed by atoms with Crippen LogP contribution < -0.4 is 15.0 Å².